The monoisotopic (exact) mass is 408 g/mol. The SMILES string of the molecule is NC(=O)COCCCCN1C(=O)CCCC1C=C[C@H](O)Cc1cccc(Cl)c1. The molecule has 2 amide bonds. The maximum Gasteiger partial charge on any atom is 0.243 e. The van der Waals surface area contributed by atoms with E-state index in [0.29, 0.717) is 31.0 Å². The summed E-state index contributed by atoms with van der Waals surface area (Å²) in [7, 11) is 0. The summed E-state index contributed by atoms with van der Waals surface area (Å²) >= 11 is 5.98. The first kappa shape index (κ1) is 22.4. The van der Waals surface area contributed by atoms with Crippen molar-refractivity contribution < 1.29 is 19.4 Å². The summed E-state index contributed by atoms with van der Waals surface area (Å²) in [5, 5.41) is 11.0. The highest BCUT2D eigenvalue weighted by Gasteiger charge is 2.25. The summed E-state index contributed by atoms with van der Waals surface area (Å²) in [6, 6.07) is 7.44. The lowest BCUT2D eigenvalue weighted by atomic mass is 9.99. The predicted molar refractivity (Wildman–Crippen MR) is 109 cm³/mol. The second-order valence-corrected chi connectivity index (χ2v) is 7.50. The van der Waals surface area contributed by atoms with E-state index in [1.807, 2.05) is 29.2 Å². The minimum atomic E-state index is -0.625. The molecule has 0 radical (unpaired) electrons. The lowest BCUT2D eigenvalue weighted by Crippen LogP contribution is -2.43. The average Bonchev–Trinajstić information content (AvgIpc) is 2.64. The Kier molecular flexibility index (Phi) is 9.47. The number of nitrogens with zero attached hydrogens (tertiary/aromatic N) is 1. The van der Waals surface area contributed by atoms with Crippen molar-refractivity contribution in [1.82, 2.24) is 4.90 Å². The van der Waals surface area contributed by atoms with Gasteiger partial charge in [-0.25, -0.2) is 0 Å². The van der Waals surface area contributed by atoms with Crippen LogP contribution in [-0.4, -0.2) is 53.7 Å². The molecule has 3 N–H and O–H groups in total. The molecular weight excluding hydrogens is 380 g/mol. The van der Waals surface area contributed by atoms with Gasteiger partial charge in [-0.05, 0) is 43.4 Å². The third-order valence-corrected chi connectivity index (χ3v) is 4.92. The summed E-state index contributed by atoms with van der Waals surface area (Å²) in [6.45, 7) is 1.01. The minimum absolute atomic E-state index is 0.00167. The van der Waals surface area contributed by atoms with Crippen molar-refractivity contribution >= 4 is 23.4 Å². The first-order chi connectivity index (χ1) is 13.5. The number of carbonyl (C=O) groups excluding carboxylic acids is 2. The molecule has 0 aliphatic carbocycles. The molecule has 0 aromatic heterocycles. The van der Waals surface area contributed by atoms with Gasteiger partial charge in [0.1, 0.15) is 6.61 Å². The molecule has 1 aliphatic rings. The highest BCUT2D eigenvalue weighted by atomic mass is 35.5. The van der Waals surface area contributed by atoms with Crippen LogP contribution in [0.15, 0.2) is 36.4 Å². The Labute approximate surface area is 171 Å². The summed E-state index contributed by atoms with van der Waals surface area (Å²) in [5.41, 5.74) is 5.99. The number of benzene rings is 1. The average molecular weight is 409 g/mol. The lowest BCUT2D eigenvalue weighted by Gasteiger charge is -2.34. The Morgan fingerprint density at radius 3 is 3.00 bits per heavy atom. The second kappa shape index (κ2) is 11.8. The van der Waals surface area contributed by atoms with Gasteiger partial charge in [-0.2, -0.15) is 0 Å². The van der Waals surface area contributed by atoms with Crippen LogP contribution in [0.2, 0.25) is 5.02 Å². The van der Waals surface area contributed by atoms with Crippen LogP contribution >= 0.6 is 11.6 Å². The van der Waals surface area contributed by atoms with Gasteiger partial charge >= 0.3 is 0 Å². The molecule has 154 valence electrons. The normalized spacial score (nSPS) is 18.6. The maximum atomic E-state index is 12.3. The quantitative estimate of drug-likeness (QED) is 0.434. The number of aliphatic hydroxyl groups excluding tert-OH is 1. The van der Waals surface area contributed by atoms with Crippen LogP contribution in [-0.2, 0) is 20.7 Å². The first-order valence-corrected chi connectivity index (χ1v) is 10.1. The number of amides is 2. The van der Waals surface area contributed by atoms with Gasteiger partial charge in [0.15, 0.2) is 0 Å². The molecule has 0 spiro atoms. The Hall–Kier alpha value is -1.89. The van der Waals surface area contributed by atoms with Crippen LogP contribution in [0.25, 0.3) is 0 Å². The van der Waals surface area contributed by atoms with E-state index < -0.39 is 12.0 Å². The number of hydrogen-bond donors (Lipinski definition) is 2. The van der Waals surface area contributed by atoms with E-state index in [-0.39, 0.29) is 18.6 Å². The fourth-order valence-electron chi connectivity index (χ4n) is 3.33. The molecule has 1 saturated heterocycles. The van der Waals surface area contributed by atoms with Crippen molar-refractivity contribution in [3.63, 3.8) is 0 Å². The van der Waals surface area contributed by atoms with Crippen LogP contribution < -0.4 is 5.73 Å². The predicted octanol–water partition coefficient (Wildman–Crippen LogP) is 2.46. The first-order valence-electron chi connectivity index (χ1n) is 9.72. The molecule has 2 rings (SSSR count). The van der Waals surface area contributed by atoms with E-state index in [9.17, 15) is 14.7 Å². The third kappa shape index (κ3) is 8.00. The molecule has 1 heterocycles. The van der Waals surface area contributed by atoms with Gasteiger partial charge in [0.05, 0.1) is 12.1 Å². The maximum absolute atomic E-state index is 12.3. The number of halogens is 1. The van der Waals surface area contributed by atoms with Crippen molar-refractivity contribution in [3.05, 3.63) is 47.0 Å². The Morgan fingerprint density at radius 1 is 1.43 bits per heavy atom. The highest BCUT2D eigenvalue weighted by molar-refractivity contribution is 6.30. The van der Waals surface area contributed by atoms with E-state index in [2.05, 4.69) is 0 Å². The number of hydrogen-bond acceptors (Lipinski definition) is 4. The Bertz CT molecular complexity index is 680. The molecule has 2 atom stereocenters. The number of aliphatic hydroxyl groups is 1. The van der Waals surface area contributed by atoms with Crippen molar-refractivity contribution in [3.8, 4) is 0 Å². The fourth-order valence-corrected chi connectivity index (χ4v) is 3.54. The van der Waals surface area contributed by atoms with Crippen molar-refractivity contribution in [2.75, 3.05) is 19.8 Å². The molecule has 1 fully saturated rings. The van der Waals surface area contributed by atoms with Gasteiger partial charge < -0.3 is 20.5 Å². The lowest BCUT2D eigenvalue weighted by molar-refractivity contribution is -0.135. The highest BCUT2D eigenvalue weighted by Crippen LogP contribution is 2.20. The van der Waals surface area contributed by atoms with Gasteiger partial charge in [-0.1, -0.05) is 35.9 Å². The molecule has 0 saturated carbocycles. The molecule has 28 heavy (non-hydrogen) atoms. The summed E-state index contributed by atoms with van der Waals surface area (Å²) in [5.74, 6) is -0.337. The molecule has 6 nitrogen and oxygen atoms in total. The van der Waals surface area contributed by atoms with Crippen LogP contribution in [0.4, 0.5) is 0 Å². The molecule has 1 unspecified atom stereocenters. The van der Waals surface area contributed by atoms with E-state index in [1.54, 1.807) is 12.1 Å². The molecule has 7 heteroatoms. The zero-order chi connectivity index (χ0) is 20.4. The van der Waals surface area contributed by atoms with Crippen LogP contribution in [0.1, 0.15) is 37.7 Å². The van der Waals surface area contributed by atoms with E-state index in [0.717, 1.165) is 31.2 Å². The van der Waals surface area contributed by atoms with Gasteiger partial charge in [-0.3, -0.25) is 9.59 Å². The smallest absolute Gasteiger partial charge is 0.243 e. The molecule has 1 aromatic carbocycles. The molecule has 0 bridgehead atoms. The second-order valence-electron chi connectivity index (χ2n) is 7.06. The summed E-state index contributed by atoms with van der Waals surface area (Å²) < 4.78 is 5.15. The molecule has 1 aliphatic heterocycles. The van der Waals surface area contributed by atoms with Gasteiger partial charge in [0, 0.05) is 31.0 Å². The van der Waals surface area contributed by atoms with Gasteiger partial charge in [0.2, 0.25) is 11.8 Å². The number of likely N-dealkylation sites (tertiary alicyclic amines) is 1. The van der Waals surface area contributed by atoms with E-state index in [4.69, 9.17) is 22.1 Å². The summed E-state index contributed by atoms with van der Waals surface area (Å²) in [4.78, 5) is 24.8. The number of piperidine rings is 1. The summed E-state index contributed by atoms with van der Waals surface area (Å²) in [6.07, 6.45) is 7.43. The van der Waals surface area contributed by atoms with E-state index >= 15 is 0 Å². The zero-order valence-electron chi connectivity index (χ0n) is 16.1. The fraction of sp³-hybridized carbons (Fsp3) is 0.524. The Balaban J connectivity index is 1.82. The Morgan fingerprint density at radius 2 is 2.25 bits per heavy atom. The van der Waals surface area contributed by atoms with Crippen molar-refractivity contribution in [2.24, 2.45) is 5.73 Å². The number of carbonyl (C=O) groups is 2. The largest absolute Gasteiger partial charge is 0.389 e. The minimum Gasteiger partial charge on any atom is -0.389 e. The van der Waals surface area contributed by atoms with Crippen molar-refractivity contribution in [1.29, 1.82) is 0 Å². The number of unbranched alkanes of at least 4 members (excludes halogenated alkanes) is 1. The number of ether oxygens (including phenoxy) is 1. The van der Waals surface area contributed by atoms with E-state index in [1.165, 1.54) is 0 Å². The number of rotatable bonds is 11. The topological polar surface area (TPSA) is 92.9 Å². The van der Waals surface area contributed by atoms with Gasteiger partial charge in [0.25, 0.3) is 0 Å². The van der Waals surface area contributed by atoms with Crippen molar-refractivity contribution in [2.45, 2.75) is 50.7 Å². The number of nitrogens with two attached hydrogens (primary N) is 1. The molecular formula is C21H29ClN2O4. The molecule has 1 aromatic rings. The van der Waals surface area contributed by atoms with Gasteiger partial charge in [-0.15, -0.1) is 0 Å². The standard InChI is InChI=1S/C21H29ClN2O4/c22-17-6-3-5-16(13-17)14-19(25)10-9-18-7-4-8-21(27)24(18)11-1-2-12-28-15-20(23)26/h3,5-6,9-10,13,18-19,25H,1-2,4,7-8,11-12,14-15H2,(H2,23,26)/t18?,19-/m0/s1. The van der Waals surface area contributed by atoms with Crippen LogP contribution in [0.5, 0.6) is 0 Å². The van der Waals surface area contributed by atoms with Crippen LogP contribution in [0, 0.1) is 0 Å². The number of primary amides is 1. The third-order valence-electron chi connectivity index (χ3n) is 4.68. The van der Waals surface area contributed by atoms with Crippen LogP contribution in [0.3, 0.4) is 0 Å². The zero-order valence-corrected chi connectivity index (χ0v) is 16.8.